The van der Waals surface area contributed by atoms with Crippen LogP contribution in [0.1, 0.15) is 219 Å². The molecule has 1 amide bonds. The van der Waals surface area contributed by atoms with Gasteiger partial charge in [0.05, 0.1) is 13.2 Å². The van der Waals surface area contributed by atoms with E-state index in [-0.39, 0.29) is 12.8 Å². The van der Waals surface area contributed by atoms with Crippen molar-refractivity contribution in [1.82, 2.24) is 5.32 Å². The summed E-state index contributed by atoms with van der Waals surface area (Å²) >= 11 is 0. The van der Waals surface area contributed by atoms with Gasteiger partial charge in [-0.05, 0) is 83.5 Å². The van der Waals surface area contributed by atoms with Crippen LogP contribution in [0.2, 0.25) is 0 Å². The second-order valence-electron chi connectivity index (χ2n) is 17.3. The first-order chi connectivity index (χ1) is 32.1. The van der Waals surface area contributed by atoms with Gasteiger partial charge in [-0.15, -0.1) is 0 Å². The summed E-state index contributed by atoms with van der Waals surface area (Å²) in [5.41, 5.74) is 0. The number of amides is 1. The number of hydrogen-bond donors (Lipinski definition) is 4. The number of nitrogens with one attached hydrogen (secondary N) is 1. The Morgan fingerprint density at radius 3 is 1.35 bits per heavy atom. The van der Waals surface area contributed by atoms with Gasteiger partial charge in [0.15, 0.2) is 6.04 Å². The standard InChI is InChI=1S/C54H94NO10P/c1-3-5-7-9-11-13-15-17-19-21-23-24-25-26-28-30-32-34-36-38-40-42-44-46-53(58)63-47-50(56)48-64-66(61,62)65-49-51(54(59)60)55-52(57)45-43-41-39-37-35-33-31-29-27-22-20-18-16-14-12-10-8-6-4-2/h6,8,12,14,17-20,27,29,33,35,50-51,56H,3-5,7,9-11,13,15-16,21-26,28,30-32,34,36-49H2,1-2H3,(H,55,57)(H,59,60)(H,61,62)/b8-6-,14-12-,19-17+,20-18-,29-27-,35-33-. The predicted molar refractivity (Wildman–Crippen MR) is 272 cm³/mol. The van der Waals surface area contributed by atoms with Crippen molar-refractivity contribution >= 4 is 25.7 Å². The van der Waals surface area contributed by atoms with Gasteiger partial charge in [-0.3, -0.25) is 18.6 Å². The number of carboxylic acid groups (broad SMARTS) is 1. The number of unbranched alkanes of at least 4 members (excludes halogenated alkanes) is 22. The van der Waals surface area contributed by atoms with Crippen LogP contribution in [0.25, 0.3) is 0 Å². The first-order valence-electron chi connectivity index (χ1n) is 26.0. The molecular weight excluding hydrogens is 854 g/mol. The Balaban J connectivity index is 3.85. The van der Waals surface area contributed by atoms with Gasteiger partial charge in [-0.2, -0.15) is 0 Å². The highest BCUT2D eigenvalue weighted by molar-refractivity contribution is 7.47. The van der Waals surface area contributed by atoms with Gasteiger partial charge in [0.1, 0.15) is 12.7 Å². The normalized spacial score (nSPS) is 14.1. The third kappa shape index (κ3) is 47.4. The number of ether oxygens (including phenoxy) is 1. The summed E-state index contributed by atoms with van der Waals surface area (Å²) in [6.45, 7) is 2.47. The topological polar surface area (TPSA) is 169 Å². The Bertz CT molecular complexity index is 1390. The van der Waals surface area contributed by atoms with Crippen molar-refractivity contribution in [1.29, 1.82) is 0 Å². The third-order valence-corrected chi connectivity index (χ3v) is 11.9. The minimum Gasteiger partial charge on any atom is -0.480 e. The summed E-state index contributed by atoms with van der Waals surface area (Å²) in [6.07, 6.45) is 59.3. The van der Waals surface area contributed by atoms with Gasteiger partial charge < -0.3 is 25.2 Å². The third-order valence-electron chi connectivity index (χ3n) is 11.0. The molecule has 0 rings (SSSR count). The number of phosphoric acid groups is 1. The van der Waals surface area contributed by atoms with Crippen LogP contribution in [0.3, 0.4) is 0 Å². The van der Waals surface area contributed by atoms with E-state index in [9.17, 15) is 34.1 Å². The van der Waals surface area contributed by atoms with Crippen LogP contribution < -0.4 is 5.32 Å². The zero-order chi connectivity index (χ0) is 48.4. The van der Waals surface area contributed by atoms with Gasteiger partial charge in [-0.1, -0.05) is 196 Å². The Kier molecular flexibility index (Phi) is 46.1. The SMILES string of the molecule is CC/C=C\C/C=C\C/C=C\C/C=C\C/C=C\CCCCCC(=O)NC(COP(=O)(O)OCC(O)COC(=O)CCCCCCCCCCCCCCC/C=C/CCCCCCCC)C(=O)O. The number of aliphatic hydroxyl groups is 1. The molecule has 380 valence electrons. The molecule has 0 heterocycles. The lowest BCUT2D eigenvalue weighted by Gasteiger charge is -2.18. The highest BCUT2D eigenvalue weighted by Crippen LogP contribution is 2.43. The van der Waals surface area contributed by atoms with Crippen molar-refractivity contribution in [3.8, 4) is 0 Å². The Labute approximate surface area is 401 Å². The van der Waals surface area contributed by atoms with Crippen molar-refractivity contribution in [3.05, 3.63) is 72.9 Å². The zero-order valence-corrected chi connectivity index (χ0v) is 42.4. The molecular formula is C54H94NO10P. The molecule has 11 nitrogen and oxygen atoms in total. The summed E-state index contributed by atoms with van der Waals surface area (Å²) in [6, 6.07) is -1.57. The van der Waals surface area contributed by atoms with Crippen LogP contribution in [0.4, 0.5) is 0 Å². The summed E-state index contributed by atoms with van der Waals surface area (Å²) < 4.78 is 26.9. The molecule has 0 saturated carbocycles. The molecule has 66 heavy (non-hydrogen) atoms. The molecule has 0 aliphatic carbocycles. The first-order valence-corrected chi connectivity index (χ1v) is 27.5. The van der Waals surface area contributed by atoms with Crippen molar-refractivity contribution < 1.29 is 47.8 Å². The Morgan fingerprint density at radius 2 is 0.879 bits per heavy atom. The average molecular weight is 948 g/mol. The first kappa shape index (κ1) is 62.9. The number of allylic oxidation sites excluding steroid dienone is 12. The molecule has 0 aromatic heterocycles. The van der Waals surface area contributed by atoms with Crippen LogP contribution in [0.5, 0.6) is 0 Å². The van der Waals surface area contributed by atoms with Gasteiger partial charge >= 0.3 is 19.8 Å². The molecule has 0 radical (unpaired) electrons. The molecule has 0 aliphatic heterocycles. The molecule has 0 aromatic rings. The van der Waals surface area contributed by atoms with Crippen LogP contribution in [-0.2, 0) is 32.7 Å². The summed E-state index contributed by atoms with van der Waals surface area (Å²) in [5, 5.41) is 21.9. The minimum absolute atomic E-state index is 0.103. The van der Waals surface area contributed by atoms with Crippen molar-refractivity contribution in [2.75, 3.05) is 19.8 Å². The molecule has 0 aliphatic rings. The van der Waals surface area contributed by atoms with Crippen molar-refractivity contribution in [2.45, 2.75) is 231 Å². The molecule has 0 saturated heterocycles. The number of carboxylic acids is 1. The van der Waals surface area contributed by atoms with E-state index in [0.717, 1.165) is 70.6 Å². The lowest BCUT2D eigenvalue weighted by Crippen LogP contribution is -2.43. The van der Waals surface area contributed by atoms with Crippen LogP contribution >= 0.6 is 7.82 Å². The number of phosphoric ester groups is 1. The maximum Gasteiger partial charge on any atom is 0.472 e. The van der Waals surface area contributed by atoms with Gasteiger partial charge in [0, 0.05) is 12.8 Å². The van der Waals surface area contributed by atoms with E-state index in [1.807, 2.05) is 0 Å². The average Bonchev–Trinajstić information content (AvgIpc) is 3.29. The van der Waals surface area contributed by atoms with Crippen LogP contribution in [0.15, 0.2) is 72.9 Å². The fraction of sp³-hybridized carbons (Fsp3) is 0.722. The molecule has 0 spiro atoms. The Morgan fingerprint density at radius 1 is 0.500 bits per heavy atom. The van der Waals surface area contributed by atoms with E-state index in [2.05, 4.69) is 92.1 Å². The van der Waals surface area contributed by atoms with E-state index >= 15 is 0 Å². The fourth-order valence-electron chi connectivity index (χ4n) is 6.98. The highest BCUT2D eigenvalue weighted by Gasteiger charge is 2.28. The highest BCUT2D eigenvalue weighted by atomic mass is 31.2. The molecule has 0 bridgehead atoms. The maximum absolute atomic E-state index is 12.3. The number of esters is 1. The predicted octanol–water partition coefficient (Wildman–Crippen LogP) is 14.5. The Hall–Kier alpha value is -3.08. The van der Waals surface area contributed by atoms with E-state index in [1.165, 1.54) is 109 Å². The summed E-state index contributed by atoms with van der Waals surface area (Å²) in [5.74, 6) is -2.42. The fourth-order valence-corrected chi connectivity index (χ4v) is 7.76. The lowest BCUT2D eigenvalue weighted by molar-refractivity contribution is -0.147. The number of rotatable bonds is 48. The molecule has 3 atom stereocenters. The van der Waals surface area contributed by atoms with Crippen molar-refractivity contribution in [2.24, 2.45) is 0 Å². The summed E-state index contributed by atoms with van der Waals surface area (Å²) in [7, 11) is -4.78. The van der Waals surface area contributed by atoms with E-state index in [1.54, 1.807) is 0 Å². The van der Waals surface area contributed by atoms with Crippen LogP contribution in [0, 0.1) is 0 Å². The van der Waals surface area contributed by atoms with Gasteiger partial charge in [0.25, 0.3) is 0 Å². The maximum atomic E-state index is 12.3. The minimum atomic E-state index is -4.78. The zero-order valence-electron chi connectivity index (χ0n) is 41.5. The molecule has 3 unspecified atom stereocenters. The molecule has 0 aromatic carbocycles. The molecule has 12 heteroatoms. The van der Waals surface area contributed by atoms with E-state index in [4.69, 9.17) is 13.8 Å². The smallest absolute Gasteiger partial charge is 0.472 e. The summed E-state index contributed by atoms with van der Waals surface area (Å²) in [4.78, 5) is 46.1. The van der Waals surface area contributed by atoms with Gasteiger partial charge in [0.2, 0.25) is 5.91 Å². The quantitative estimate of drug-likeness (QED) is 0.0199. The number of aliphatic carboxylic acids is 1. The number of hydrogen-bond acceptors (Lipinski definition) is 8. The second-order valence-corrected chi connectivity index (χ2v) is 18.8. The molecule has 4 N–H and O–H groups in total. The van der Waals surface area contributed by atoms with Gasteiger partial charge in [-0.25, -0.2) is 9.36 Å². The number of carbonyl (C=O) groups is 3. The second kappa shape index (κ2) is 48.4. The largest absolute Gasteiger partial charge is 0.480 e. The number of aliphatic hydroxyl groups excluding tert-OH is 1. The van der Waals surface area contributed by atoms with E-state index < -0.39 is 57.6 Å². The van der Waals surface area contributed by atoms with E-state index in [0.29, 0.717) is 12.8 Å². The molecule has 0 fully saturated rings. The van der Waals surface area contributed by atoms with Crippen molar-refractivity contribution in [3.63, 3.8) is 0 Å². The van der Waals surface area contributed by atoms with Crippen LogP contribution in [-0.4, -0.2) is 64.9 Å². The number of carbonyl (C=O) groups excluding carboxylic acids is 2. The lowest BCUT2D eigenvalue weighted by atomic mass is 10.0. The monoisotopic (exact) mass is 948 g/mol.